The van der Waals surface area contributed by atoms with Gasteiger partial charge in [0.25, 0.3) is 0 Å². The van der Waals surface area contributed by atoms with Crippen LogP contribution in [-0.4, -0.2) is 24.2 Å². The first-order valence-electron chi connectivity index (χ1n) is 7.79. The van der Waals surface area contributed by atoms with Crippen molar-refractivity contribution in [1.82, 2.24) is 9.55 Å². The van der Waals surface area contributed by atoms with E-state index < -0.39 is 8.07 Å². The van der Waals surface area contributed by atoms with Crippen molar-refractivity contribution in [3.8, 4) is 11.4 Å². The molecule has 0 atom stereocenters. The molecule has 0 radical (unpaired) electrons. The second-order valence-corrected chi connectivity index (χ2v) is 13.2. The zero-order valence-electron chi connectivity index (χ0n) is 13.9. The monoisotopic (exact) mass is 380 g/mol. The lowest BCUT2D eigenvalue weighted by molar-refractivity contribution is 0.0866. The van der Waals surface area contributed by atoms with E-state index in [9.17, 15) is 0 Å². The molecule has 0 aliphatic rings. The molecule has 1 heterocycles. The molecular weight excluding hydrogens is 356 g/mol. The number of hydrogen-bond donors (Lipinski definition) is 0. The molecule has 2 aromatic rings. The van der Waals surface area contributed by atoms with Crippen LogP contribution in [0.4, 0.5) is 0 Å². The van der Waals surface area contributed by atoms with Crippen LogP contribution in [0.15, 0.2) is 34.9 Å². The fourth-order valence-corrected chi connectivity index (χ4v) is 3.22. The zero-order chi connectivity index (χ0) is 16.2. The Morgan fingerprint density at radius 2 is 1.86 bits per heavy atom. The number of aromatic nitrogens is 2. The lowest BCUT2D eigenvalue weighted by Crippen LogP contribution is -2.22. The van der Waals surface area contributed by atoms with Gasteiger partial charge in [0.2, 0.25) is 0 Å². The first-order valence-corrected chi connectivity index (χ1v) is 12.3. The first kappa shape index (κ1) is 17.4. The summed E-state index contributed by atoms with van der Waals surface area (Å²) in [7, 11) is -1.04. The van der Waals surface area contributed by atoms with E-state index in [1.54, 1.807) is 0 Å². The molecule has 22 heavy (non-hydrogen) atoms. The molecule has 3 nitrogen and oxygen atoms in total. The predicted molar refractivity (Wildman–Crippen MR) is 98.8 cm³/mol. The van der Waals surface area contributed by atoms with E-state index in [2.05, 4.69) is 64.2 Å². The summed E-state index contributed by atoms with van der Waals surface area (Å²) in [6.07, 6.45) is 2.92. The smallest absolute Gasteiger partial charge is 0.142 e. The predicted octanol–water partition coefficient (Wildman–Crippen LogP) is 5.19. The molecule has 120 valence electrons. The maximum atomic E-state index is 5.93. The summed E-state index contributed by atoms with van der Waals surface area (Å²) in [5, 5.41) is 0. The molecule has 5 heteroatoms. The van der Waals surface area contributed by atoms with E-state index in [0.717, 1.165) is 28.9 Å². The Kier molecular flexibility index (Phi) is 6.00. The van der Waals surface area contributed by atoms with Crippen LogP contribution in [0.5, 0.6) is 0 Å². The van der Waals surface area contributed by atoms with E-state index in [4.69, 9.17) is 4.74 Å². The van der Waals surface area contributed by atoms with Crippen LogP contribution in [0.25, 0.3) is 11.4 Å². The summed E-state index contributed by atoms with van der Waals surface area (Å²) < 4.78 is 9.20. The standard InChI is InChI=1S/C17H25BrN2OSi/c1-5-16-12-19-17(14-6-8-15(18)9-7-14)20(16)13-21-10-11-22(2,3)4/h6-9,12H,5,10-11,13H2,1-4H3. The molecule has 0 aliphatic heterocycles. The number of hydrogen-bond acceptors (Lipinski definition) is 2. The molecular formula is C17H25BrN2OSi. The van der Waals surface area contributed by atoms with Gasteiger partial charge in [-0.2, -0.15) is 0 Å². The SMILES string of the molecule is CCc1cnc(-c2ccc(Br)cc2)n1COCC[Si](C)(C)C. The van der Waals surface area contributed by atoms with Crippen LogP contribution in [0.1, 0.15) is 12.6 Å². The van der Waals surface area contributed by atoms with Crippen molar-refractivity contribution in [2.75, 3.05) is 6.61 Å². The maximum Gasteiger partial charge on any atom is 0.142 e. The Labute approximate surface area is 142 Å². The lowest BCUT2D eigenvalue weighted by Gasteiger charge is -2.17. The third-order valence-electron chi connectivity index (χ3n) is 3.62. The molecule has 0 amide bonds. The third kappa shape index (κ3) is 4.79. The highest BCUT2D eigenvalue weighted by Gasteiger charge is 2.14. The molecule has 1 aromatic carbocycles. The van der Waals surface area contributed by atoms with Crippen molar-refractivity contribution >= 4 is 24.0 Å². The van der Waals surface area contributed by atoms with Crippen LogP contribution in [0.3, 0.4) is 0 Å². The summed E-state index contributed by atoms with van der Waals surface area (Å²) in [5.41, 5.74) is 2.34. The van der Waals surface area contributed by atoms with Crippen LogP contribution in [0.2, 0.25) is 25.7 Å². The minimum atomic E-state index is -1.04. The van der Waals surface area contributed by atoms with Crippen molar-refractivity contribution in [3.63, 3.8) is 0 Å². The van der Waals surface area contributed by atoms with Crippen LogP contribution >= 0.6 is 15.9 Å². The van der Waals surface area contributed by atoms with Crippen LogP contribution in [0, 0.1) is 0 Å². The van der Waals surface area contributed by atoms with E-state index in [0.29, 0.717) is 6.73 Å². The Bertz CT molecular complexity index is 602. The lowest BCUT2D eigenvalue weighted by atomic mass is 10.2. The van der Waals surface area contributed by atoms with Crippen molar-refractivity contribution in [1.29, 1.82) is 0 Å². The highest BCUT2D eigenvalue weighted by molar-refractivity contribution is 9.10. The van der Waals surface area contributed by atoms with Gasteiger partial charge in [-0.1, -0.05) is 54.6 Å². The van der Waals surface area contributed by atoms with Gasteiger partial charge in [-0.3, -0.25) is 0 Å². The molecule has 0 N–H and O–H groups in total. The van der Waals surface area contributed by atoms with E-state index in [1.165, 1.54) is 11.7 Å². The third-order valence-corrected chi connectivity index (χ3v) is 5.85. The summed E-state index contributed by atoms with van der Waals surface area (Å²) in [6, 6.07) is 9.46. The molecule has 0 saturated carbocycles. The van der Waals surface area contributed by atoms with Gasteiger partial charge in [-0.15, -0.1) is 0 Å². The van der Waals surface area contributed by atoms with Crippen molar-refractivity contribution < 1.29 is 4.74 Å². The molecule has 0 spiro atoms. The summed E-state index contributed by atoms with van der Waals surface area (Å²) in [4.78, 5) is 4.59. The second-order valence-electron chi connectivity index (χ2n) is 6.71. The zero-order valence-corrected chi connectivity index (χ0v) is 16.5. The quantitative estimate of drug-likeness (QED) is 0.488. The van der Waals surface area contributed by atoms with Crippen molar-refractivity contribution in [2.24, 2.45) is 0 Å². The van der Waals surface area contributed by atoms with Gasteiger partial charge in [-0.25, -0.2) is 4.98 Å². The summed E-state index contributed by atoms with van der Waals surface area (Å²) in [5.74, 6) is 0.984. The number of rotatable bonds is 7. The van der Waals surface area contributed by atoms with Gasteiger partial charge >= 0.3 is 0 Å². The molecule has 0 aliphatic carbocycles. The number of aryl methyl sites for hydroxylation is 1. The molecule has 1 aromatic heterocycles. The van der Waals surface area contributed by atoms with E-state index in [1.807, 2.05) is 18.3 Å². The Hall–Kier alpha value is -0.913. The molecule has 0 fully saturated rings. The minimum Gasteiger partial charge on any atom is -0.361 e. The Morgan fingerprint density at radius 1 is 1.18 bits per heavy atom. The van der Waals surface area contributed by atoms with E-state index >= 15 is 0 Å². The fraction of sp³-hybridized carbons (Fsp3) is 0.471. The summed E-state index contributed by atoms with van der Waals surface area (Å²) in [6.45, 7) is 10.7. The first-order chi connectivity index (χ1) is 10.4. The molecule has 2 rings (SSSR count). The highest BCUT2D eigenvalue weighted by Crippen LogP contribution is 2.22. The maximum absolute atomic E-state index is 5.93. The van der Waals surface area contributed by atoms with Gasteiger partial charge in [0.1, 0.15) is 12.6 Å². The molecule has 0 saturated heterocycles. The average Bonchev–Trinajstić information content (AvgIpc) is 2.86. The number of nitrogens with zero attached hydrogens (tertiary/aromatic N) is 2. The van der Waals surface area contributed by atoms with E-state index in [-0.39, 0.29) is 0 Å². The van der Waals surface area contributed by atoms with Crippen molar-refractivity contribution in [3.05, 3.63) is 40.6 Å². The molecule has 0 bridgehead atoms. The summed E-state index contributed by atoms with van der Waals surface area (Å²) >= 11 is 3.48. The van der Waals surface area contributed by atoms with Gasteiger partial charge in [0, 0.05) is 36.6 Å². The van der Waals surface area contributed by atoms with Gasteiger partial charge in [0.15, 0.2) is 0 Å². The second kappa shape index (κ2) is 7.57. The molecule has 0 unspecified atom stereocenters. The van der Waals surface area contributed by atoms with Gasteiger partial charge < -0.3 is 9.30 Å². The number of halogens is 1. The topological polar surface area (TPSA) is 27.1 Å². The number of imidazole rings is 1. The van der Waals surface area contributed by atoms with Gasteiger partial charge in [-0.05, 0) is 24.6 Å². The normalized spacial score (nSPS) is 11.9. The van der Waals surface area contributed by atoms with Gasteiger partial charge in [0.05, 0.1) is 0 Å². The van der Waals surface area contributed by atoms with Crippen molar-refractivity contribution in [2.45, 2.75) is 45.8 Å². The minimum absolute atomic E-state index is 0.582. The van der Waals surface area contributed by atoms with Crippen LogP contribution in [-0.2, 0) is 17.9 Å². The average molecular weight is 381 g/mol. The fourth-order valence-electron chi connectivity index (χ4n) is 2.20. The highest BCUT2D eigenvalue weighted by atomic mass is 79.9. The Balaban J connectivity index is 2.12. The van der Waals surface area contributed by atoms with Crippen LogP contribution < -0.4 is 0 Å². The number of benzene rings is 1. The Morgan fingerprint density at radius 3 is 2.45 bits per heavy atom. The largest absolute Gasteiger partial charge is 0.361 e. The number of ether oxygens (including phenoxy) is 1.